The van der Waals surface area contributed by atoms with Crippen LogP contribution in [0.4, 0.5) is 0 Å². The van der Waals surface area contributed by atoms with Gasteiger partial charge in [0.25, 0.3) is 0 Å². The fraction of sp³-hybridized carbons (Fsp3) is 1.00. The summed E-state index contributed by atoms with van der Waals surface area (Å²) in [5.41, 5.74) is 0. The molecule has 2 aliphatic heterocycles. The molecule has 20 heavy (non-hydrogen) atoms. The lowest BCUT2D eigenvalue weighted by atomic mass is 9.80. The minimum Gasteiger partial charge on any atom is -0.307 e. The van der Waals surface area contributed by atoms with Crippen LogP contribution in [0.15, 0.2) is 0 Å². The van der Waals surface area contributed by atoms with Crippen molar-refractivity contribution in [3.63, 3.8) is 0 Å². The Morgan fingerprint density at radius 2 is 1.50 bits per heavy atom. The molecule has 2 heterocycles. The molecule has 0 amide bonds. The SMILES string of the molecule is CC(C)N1C2CCCCC2C2NC3CCCCC3NC21. The van der Waals surface area contributed by atoms with Crippen LogP contribution >= 0.6 is 0 Å². The van der Waals surface area contributed by atoms with Gasteiger partial charge in [0.15, 0.2) is 0 Å². The van der Waals surface area contributed by atoms with Gasteiger partial charge in [-0.05, 0) is 45.4 Å². The van der Waals surface area contributed by atoms with Crippen LogP contribution in [0.2, 0.25) is 0 Å². The quantitative estimate of drug-likeness (QED) is 0.771. The molecule has 0 radical (unpaired) electrons. The second kappa shape index (κ2) is 5.26. The standard InChI is InChI=1S/C17H31N3/c1-11(2)20-15-10-6-3-7-12(15)16-17(20)19-14-9-5-4-8-13(14)18-16/h11-19H,3-10H2,1-2H3. The largest absolute Gasteiger partial charge is 0.307 e. The zero-order chi connectivity index (χ0) is 13.7. The summed E-state index contributed by atoms with van der Waals surface area (Å²) < 4.78 is 0. The number of fused-ring (bicyclic) bond motifs is 4. The minimum atomic E-state index is 0.599. The fourth-order valence-electron chi connectivity index (χ4n) is 5.66. The predicted molar refractivity (Wildman–Crippen MR) is 82.6 cm³/mol. The lowest BCUT2D eigenvalue weighted by Gasteiger charge is -2.47. The highest BCUT2D eigenvalue weighted by molar-refractivity contribution is 5.10. The van der Waals surface area contributed by atoms with E-state index in [4.69, 9.17) is 0 Å². The molecule has 0 spiro atoms. The number of rotatable bonds is 1. The monoisotopic (exact) mass is 277 g/mol. The number of nitrogens with zero attached hydrogens (tertiary/aromatic N) is 1. The molecule has 0 aromatic heterocycles. The Bertz CT molecular complexity index is 356. The van der Waals surface area contributed by atoms with Gasteiger partial charge in [-0.25, -0.2) is 0 Å². The maximum absolute atomic E-state index is 4.10. The van der Waals surface area contributed by atoms with Gasteiger partial charge in [-0.3, -0.25) is 10.2 Å². The van der Waals surface area contributed by atoms with Crippen LogP contribution in [0.5, 0.6) is 0 Å². The van der Waals surface area contributed by atoms with Gasteiger partial charge < -0.3 is 5.32 Å². The van der Waals surface area contributed by atoms with Crippen molar-refractivity contribution in [2.45, 2.75) is 102 Å². The first-order valence-corrected chi connectivity index (χ1v) is 9.05. The van der Waals surface area contributed by atoms with E-state index in [1.54, 1.807) is 0 Å². The molecule has 2 aliphatic carbocycles. The topological polar surface area (TPSA) is 27.3 Å². The van der Waals surface area contributed by atoms with Gasteiger partial charge >= 0.3 is 0 Å². The molecule has 114 valence electrons. The zero-order valence-corrected chi connectivity index (χ0v) is 13.1. The fourth-order valence-corrected chi connectivity index (χ4v) is 5.66. The van der Waals surface area contributed by atoms with Crippen molar-refractivity contribution in [1.82, 2.24) is 15.5 Å². The number of likely N-dealkylation sites (tertiary alicyclic amines) is 1. The summed E-state index contributed by atoms with van der Waals surface area (Å²) in [7, 11) is 0. The summed E-state index contributed by atoms with van der Waals surface area (Å²) in [5, 5.41) is 8.17. The molecule has 6 atom stereocenters. The number of nitrogens with one attached hydrogen (secondary N) is 2. The van der Waals surface area contributed by atoms with Crippen molar-refractivity contribution in [2.24, 2.45) is 5.92 Å². The molecule has 3 nitrogen and oxygen atoms in total. The van der Waals surface area contributed by atoms with Crippen molar-refractivity contribution >= 4 is 0 Å². The molecule has 2 saturated carbocycles. The van der Waals surface area contributed by atoms with Gasteiger partial charge in [-0.2, -0.15) is 0 Å². The number of piperazine rings is 1. The van der Waals surface area contributed by atoms with E-state index in [9.17, 15) is 0 Å². The van der Waals surface area contributed by atoms with Crippen molar-refractivity contribution in [1.29, 1.82) is 0 Å². The van der Waals surface area contributed by atoms with Gasteiger partial charge in [-0.15, -0.1) is 0 Å². The Morgan fingerprint density at radius 3 is 2.25 bits per heavy atom. The van der Waals surface area contributed by atoms with E-state index in [0.717, 1.165) is 24.0 Å². The number of hydrogen-bond acceptors (Lipinski definition) is 3. The third-order valence-corrected chi connectivity index (χ3v) is 6.44. The van der Waals surface area contributed by atoms with Crippen LogP contribution in [0.3, 0.4) is 0 Å². The van der Waals surface area contributed by atoms with E-state index in [1.165, 1.54) is 51.4 Å². The summed E-state index contributed by atoms with van der Waals surface area (Å²) in [6, 6.07) is 3.69. The first-order chi connectivity index (χ1) is 9.75. The van der Waals surface area contributed by atoms with Crippen molar-refractivity contribution in [3.8, 4) is 0 Å². The second-order valence-electron chi connectivity index (χ2n) is 7.86. The Balaban J connectivity index is 1.60. The number of hydrogen-bond donors (Lipinski definition) is 2. The Hall–Kier alpha value is -0.120. The normalized spacial score (nSPS) is 48.8. The van der Waals surface area contributed by atoms with Gasteiger partial charge in [0.05, 0.1) is 6.17 Å². The average Bonchev–Trinajstić information content (AvgIpc) is 2.78. The second-order valence-corrected chi connectivity index (χ2v) is 7.86. The van der Waals surface area contributed by atoms with E-state index < -0.39 is 0 Å². The van der Waals surface area contributed by atoms with Crippen molar-refractivity contribution < 1.29 is 0 Å². The molecular weight excluding hydrogens is 246 g/mol. The smallest absolute Gasteiger partial charge is 0.0766 e. The van der Waals surface area contributed by atoms with E-state index in [0.29, 0.717) is 18.2 Å². The third kappa shape index (κ3) is 2.05. The molecule has 0 aromatic carbocycles. The minimum absolute atomic E-state index is 0.599. The molecular formula is C17H31N3. The summed E-state index contributed by atoms with van der Waals surface area (Å²) in [6.45, 7) is 4.78. The van der Waals surface area contributed by atoms with Crippen LogP contribution in [0.1, 0.15) is 65.2 Å². The van der Waals surface area contributed by atoms with Crippen LogP contribution in [-0.4, -0.2) is 41.3 Å². The molecule has 0 bridgehead atoms. The van der Waals surface area contributed by atoms with Gasteiger partial charge in [0.2, 0.25) is 0 Å². The highest BCUT2D eigenvalue weighted by atomic mass is 15.4. The predicted octanol–water partition coefficient (Wildman–Crippen LogP) is 2.47. The zero-order valence-electron chi connectivity index (χ0n) is 13.1. The first-order valence-electron chi connectivity index (χ1n) is 9.05. The van der Waals surface area contributed by atoms with E-state index in [2.05, 4.69) is 29.4 Å². The van der Waals surface area contributed by atoms with Crippen LogP contribution in [0.25, 0.3) is 0 Å². The third-order valence-electron chi connectivity index (χ3n) is 6.44. The maximum Gasteiger partial charge on any atom is 0.0766 e. The van der Waals surface area contributed by atoms with Crippen LogP contribution in [-0.2, 0) is 0 Å². The van der Waals surface area contributed by atoms with Crippen molar-refractivity contribution in [3.05, 3.63) is 0 Å². The summed E-state index contributed by atoms with van der Waals surface area (Å²) in [5.74, 6) is 0.895. The van der Waals surface area contributed by atoms with Crippen molar-refractivity contribution in [2.75, 3.05) is 0 Å². The molecule has 6 unspecified atom stereocenters. The molecule has 2 N–H and O–H groups in total. The summed E-state index contributed by atoms with van der Waals surface area (Å²) in [4.78, 5) is 2.83. The Labute approximate surface area is 123 Å². The molecule has 4 aliphatic rings. The van der Waals surface area contributed by atoms with E-state index in [-0.39, 0.29) is 0 Å². The van der Waals surface area contributed by atoms with Gasteiger partial charge in [0, 0.05) is 30.2 Å². The van der Waals surface area contributed by atoms with Crippen LogP contribution < -0.4 is 10.6 Å². The lowest BCUT2D eigenvalue weighted by molar-refractivity contribution is 0.0655. The maximum atomic E-state index is 4.10. The highest BCUT2D eigenvalue weighted by Gasteiger charge is 2.53. The average molecular weight is 277 g/mol. The molecule has 4 fully saturated rings. The first kappa shape index (κ1) is 13.5. The van der Waals surface area contributed by atoms with Crippen LogP contribution in [0, 0.1) is 5.92 Å². The van der Waals surface area contributed by atoms with E-state index >= 15 is 0 Å². The Kier molecular flexibility index (Phi) is 3.56. The summed E-state index contributed by atoms with van der Waals surface area (Å²) in [6.07, 6.45) is 12.0. The molecule has 3 heteroatoms. The molecule has 2 saturated heterocycles. The molecule has 4 rings (SSSR count). The highest BCUT2D eigenvalue weighted by Crippen LogP contribution is 2.42. The van der Waals surface area contributed by atoms with Gasteiger partial charge in [-0.1, -0.05) is 25.7 Å². The van der Waals surface area contributed by atoms with E-state index in [1.807, 2.05) is 0 Å². The molecule has 0 aromatic rings. The summed E-state index contributed by atoms with van der Waals surface area (Å²) >= 11 is 0. The Morgan fingerprint density at radius 1 is 0.850 bits per heavy atom. The van der Waals surface area contributed by atoms with Gasteiger partial charge in [0.1, 0.15) is 0 Å². The lowest BCUT2D eigenvalue weighted by Crippen LogP contribution is -2.69.